The molecule has 3 aromatic carbocycles. The number of rotatable bonds is 12. The Balaban J connectivity index is 0.000000367. The highest BCUT2D eigenvalue weighted by Crippen LogP contribution is 2.45. The van der Waals surface area contributed by atoms with Crippen LogP contribution in [0.15, 0.2) is 91.0 Å². The number of esters is 5. The molecule has 5 fully saturated rings. The van der Waals surface area contributed by atoms with Crippen LogP contribution in [-0.2, 0) is 72.1 Å². The van der Waals surface area contributed by atoms with Crippen LogP contribution in [0.1, 0.15) is 184 Å². The maximum absolute atomic E-state index is 11.8. The molecule has 5 aliphatic carbocycles. The van der Waals surface area contributed by atoms with Crippen molar-refractivity contribution in [2.45, 2.75) is 209 Å². The normalized spacial score (nSPS) is 26.2. The van der Waals surface area contributed by atoms with Gasteiger partial charge in [0.15, 0.2) is 0 Å². The summed E-state index contributed by atoms with van der Waals surface area (Å²) in [6.45, 7) is 23.4. The van der Waals surface area contributed by atoms with E-state index in [4.69, 9.17) is 40.9 Å². The average molecular weight is 1210 g/mol. The number of benzene rings is 3. The highest BCUT2D eigenvalue weighted by molar-refractivity contribution is 5.84. The lowest BCUT2D eigenvalue weighted by Gasteiger charge is -2.41. The number of methoxy groups -OCH3 is 5. The third-order valence-electron chi connectivity index (χ3n) is 18.8. The summed E-state index contributed by atoms with van der Waals surface area (Å²) in [7, 11) is 7.27. The van der Waals surface area contributed by atoms with E-state index in [0.717, 1.165) is 90.1 Å². The zero-order chi connectivity index (χ0) is 65.2. The molecule has 87 heavy (non-hydrogen) atoms. The molecule has 5 saturated carbocycles. The van der Waals surface area contributed by atoms with Crippen LogP contribution in [0.2, 0.25) is 0 Å². The number of hydrogen-bond donors (Lipinski definition) is 5. The van der Waals surface area contributed by atoms with Gasteiger partial charge in [-0.2, -0.15) is 0 Å². The molecule has 8 N–H and O–H groups in total. The van der Waals surface area contributed by atoms with Gasteiger partial charge in [-0.05, 0) is 127 Å². The molecule has 0 amide bonds. The Morgan fingerprint density at radius 3 is 0.943 bits per heavy atom. The standard InChI is InChI=1S/2C17H25NO2.2C10H19NO2.C10H16O3.C7H9N.H2/c2*1-17(2)11-14(9-10-15(17)16(19)20-3)18-12-13-7-5-4-6-8-13;3*1-10(2)6-7(11)4-5-8(10)9(12)13-3;8-6-7-4-2-1-3-5-7;/h2*4-8,14-15,18H,9-12H2,1-3H3;2*7-8H,4-6,11H2,1-3H3;8H,4-6H2,1-3H3;1-5H,6,8H2;1H/t14-,15+;14-,15-;7-,8+;7-,8-;;;/m0000.../s1. The average Bonchev–Trinajstić information content (AvgIpc) is 3.63. The molecule has 1 unspecified atom stereocenters. The van der Waals surface area contributed by atoms with Crippen molar-refractivity contribution in [3.63, 3.8) is 0 Å². The quantitative estimate of drug-likeness (QED) is 0.0835. The summed E-state index contributed by atoms with van der Waals surface area (Å²) in [4.78, 5) is 69.0. The molecule has 8 rings (SSSR count). The lowest BCUT2D eigenvalue weighted by Crippen LogP contribution is -2.44. The fourth-order valence-electron chi connectivity index (χ4n) is 13.6. The van der Waals surface area contributed by atoms with E-state index in [1.807, 2.05) is 56.3 Å². The Bertz CT molecular complexity index is 2420. The molecular weight excluding hydrogens is 1100 g/mol. The first kappa shape index (κ1) is 75.7. The van der Waals surface area contributed by atoms with E-state index in [-0.39, 0.29) is 106 Å². The van der Waals surface area contributed by atoms with E-state index in [1.54, 1.807) is 0 Å². The molecule has 0 bridgehead atoms. The molecule has 0 aromatic heterocycles. The third-order valence-corrected chi connectivity index (χ3v) is 18.8. The fraction of sp³-hybridized carbons (Fsp3) is 0.662. The molecule has 3 aromatic rings. The van der Waals surface area contributed by atoms with Crippen LogP contribution < -0.4 is 27.8 Å². The van der Waals surface area contributed by atoms with E-state index >= 15 is 0 Å². The molecule has 9 atom stereocenters. The Labute approximate surface area is 524 Å². The van der Waals surface area contributed by atoms with Gasteiger partial charge in [0, 0.05) is 58.1 Å². The highest BCUT2D eigenvalue weighted by Gasteiger charge is 2.45. The Morgan fingerprint density at radius 1 is 0.414 bits per heavy atom. The maximum Gasteiger partial charge on any atom is 0.309 e. The molecule has 16 nitrogen and oxygen atoms in total. The summed E-state index contributed by atoms with van der Waals surface area (Å²) in [5.41, 5.74) is 20.6. The zero-order valence-electron chi connectivity index (χ0n) is 55.8. The topological polar surface area (TPSA) is 251 Å². The summed E-state index contributed by atoms with van der Waals surface area (Å²) in [6, 6.07) is 32.3. The SMILES string of the molecule is COC(=O)C1CCC(=O)CC1(C)C.COC(=O)[C@@H]1CC[C@H](N)CC1(C)C.COC(=O)[C@@H]1CC[C@H](NCc2ccccc2)CC1(C)C.COC(=O)[C@H]1CC[C@H](N)CC1(C)C.COC(=O)[C@H]1CC[C@H](NCc2ccccc2)CC1(C)C.NCc1ccccc1.[HH]. The predicted octanol–water partition coefficient (Wildman–Crippen LogP) is 11.9. The maximum atomic E-state index is 11.8. The van der Waals surface area contributed by atoms with Gasteiger partial charge < -0.3 is 51.5 Å². The van der Waals surface area contributed by atoms with Crippen molar-refractivity contribution in [3.05, 3.63) is 108 Å². The van der Waals surface area contributed by atoms with Crippen molar-refractivity contribution in [2.24, 2.45) is 73.9 Å². The minimum atomic E-state index is -0.234. The van der Waals surface area contributed by atoms with Crippen LogP contribution in [0.25, 0.3) is 0 Å². The van der Waals surface area contributed by atoms with E-state index < -0.39 is 0 Å². The van der Waals surface area contributed by atoms with Crippen LogP contribution >= 0.6 is 0 Å². The number of Topliss-reactive ketones (excluding diaryl/α,β-unsaturated/α-hetero) is 1. The van der Waals surface area contributed by atoms with Crippen molar-refractivity contribution in [2.75, 3.05) is 35.5 Å². The van der Waals surface area contributed by atoms with Crippen LogP contribution in [-0.4, -0.2) is 95.3 Å². The monoisotopic (exact) mass is 1210 g/mol. The van der Waals surface area contributed by atoms with E-state index in [0.29, 0.717) is 37.9 Å². The minimum absolute atomic E-state index is 0. The lowest BCUT2D eigenvalue weighted by atomic mass is 9.67. The van der Waals surface area contributed by atoms with Gasteiger partial charge in [0.2, 0.25) is 0 Å². The van der Waals surface area contributed by atoms with Crippen molar-refractivity contribution in [3.8, 4) is 0 Å². The molecule has 0 spiro atoms. The largest absolute Gasteiger partial charge is 0.469 e. The number of nitrogens with two attached hydrogens (primary N) is 3. The molecule has 0 saturated heterocycles. The van der Waals surface area contributed by atoms with Gasteiger partial charge in [-0.3, -0.25) is 28.8 Å². The fourth-order valence-corrected chi connectivity index (χ4v) is 13.6. The van der Waals surface area contributed by atoms with Crippen LogP contribution in [0, 0.1) is 56.7 Å². The van der Waals surface area contributed by atoms with Crippen molar-refractivity contribution in [1.29, 1.82) is 0 Å². The van der Waals surface area contributed by atoms with Gasteiger partial charge in [-0.1, -0.05) is 160 Å². The molecule has 0 heterocycles. The summed E-state index contributed by atoms with van der Waals surface area (Å²) >= 11 is 0. The number of ether oxygens (including phenoxy) is 5. The summed E-state index contributed by atoms with van der Waals surface area (Å²) < 4.78 is 24.1. The van der Waals surface area contributed by atoms with Gasteiger partial charge in [-0.15, -0.1) is 0 Å². The van der Waals surface area contributed by atoms with Crippen molar-refractivity contribution < 1.29 is 53.9 Å². The second-order valence-corrected chi connectivity index (χ2v) is 28.0. The summed E-state index contributed by atoms with van der Waals surface area (Å²) in [5, 5.41) is 7.24. The van der Waals surface area contributed by atoms with Crippen LogP contribution in [0.3, 0.4) is 0 Å². The molecule has 490 valence electrons. The smallest absolute Gasteiger partial charge is 0.309 e. The second kappa shape index (κ2) is 36.2. The van der Waals surface area contributed by atoms with Gasteiger partial charge >= 0.3 is 29.8 Å². The summed E-state index contributed by atoms with van der Waals surface area (Å²) in [5.74, 6) is -0.223. The van der Waals surface area contributed by atoms with Crippen LogP contribution in [0.5, 0.6) is 0 Å². The van der Waals surface area contributed by atoms with Crippen LogP contribution in [0.4, 0.5) is 0 Å². The molecule has 16 heteroatoms. The Kier molecular flexibility index (Phi) is 31.5. The first-order valence-corrected chi connectivity index (χ1v) is 31.6. The molecule has 0 radical (unpaired) electrons. The number of carbonyl (C=O) groups is 6. The summed E-state index contributed by atoms with van der Waals surface area (Å²) in [6.07, 6.45) is 13.0. The highest BCUT2D eigenvalue weighted by atomic mass is 16.5. The van der Waals surface area contributed by atoms with Gasteiger partial charge in [-0.25, -0.2) is 0 Å². The van der Waals surface area contributed by atoms with Crippen molar-refractivity contribution in [1.82, 2.24) is 10.6 Å². The lowest BCUT2D eigenvalue weighted by molar-refractivity contribution is -0.153. The predicted molar refractivity (Wildman–Crippen MR) is 347 cm³/mol. The third kappa shape index (κ3) is 25.1. The first-order valence-electron chi connectivity index (χ1n) is 31.6. The Morgan fingerprint density at radius 2 is 0.690 bits per heavy atom. The molecular formula is C71H115N5O11. The van der Waals surface area contributed by atoms with Gasteiger partial charge in [0.25, 0.3) is 0 Å². The van der Waals surface area contributed by atoms with Gasteiger partial charge in [0.05, 0.1) is 65.1 Å². The van der Waals surface area contributed by atoms with Crippen molar-refractivity contribution >= 4 is 35.6 Å². The molecule has 0 aliphatic heterocycles. The van der Waals surface area contributed by atoms with E-state index in [2.05, 4.69) is 115 Å². The zero-order valence-corrected chi connectivity index (χ0v) is 55.8. The number of carbonyl (C=O) groups excluding carboxylic acids is 6. The minimum Gasteiger partial charge on any atom is -0.469 e. The number of ketones is 1. The number of hydrogen-bond acceptors (Lipinski definition) is 16. The van der Waals surface area contributed by atoms with E-state index in [1.165, 1.54) is 52.2 Å². The van der Waals surface area contributed by atoms with E-state index in [9.17, 15) is 28.8 Å². The van der Waals surface area contributed by atoms with Gasteiger partial charge in [0.1, 0.15) is 5.78 Å². The second-order valence-electron chi connectivity index (χ2n) is 28.0. The Hall–Kier alpha value is -5.52. The number of nitrogens with one attached hydrogen (secondary N) is 2. The molecule has 5 aliphatic rings. The first-order chi connectivity index (χ1) is 40.9.